The molecule has 0 bridgehead atoms. The Hall–Kier alpha value is -0.120. The highest BCUT2D eigenvalue weighted by Crippen LogP contribution is 2.20. The van der Waals surface area contributed by atoms with E-state index >= 15 is 0 Å². The van der Waals surface area contributed by atoms with Crippen molar-refractivity contribution in [2.24, 2.45) is 11.8 Å². The summed E-state index contributed by atoms with van der Waals surface area (Å²) in [4.78, 5) is 0. The number of rotatable bonds is 10. The highest BCUT2D eigenvalue weighted by molar-refractivity contribution is 4.83. The molecule has 3 atom stereocenters. The molecule has 0 saturated carbocycles. The van der Waals surface area contributed by atoms with E-state index in [1.807, 2.05) is 0 Å². The summed E-state index contributed by atoms with van der Waals surface area (Å²) in [6.45, 7) is 13.5. The van der Waals surface area contributed by atoms with Crippen LogP contribution in [0.1, 0.15) is 41.0 Å². The van der Waals surface area contributed by atoms with Crippen molar-refractivity contribution in [3.8, 4) is 0 Å². The first-order valence-electron chi connectivity index (χ1n) is 6.92. The molecule has 0 aromatic rings. The number of hydrogen-bond donors (Lipinski definition) is 1. The lowest BCUT2D eigenvalue weighted by atomic mass is 9.88. The van der Waals surface area contributed by atoms with Crippen molar-refractivity contribution in [3.63, 3.8) is 0 Å². The van der Waals surface area contributed by atoms with Crippen molar-refractivity contribution in [3.05, 3.63) is 0 Å². The summed E-state index contributed by atoms with van der Waals surface area (Å²) in [6, 6.07) is 0.412. The lowest BCUT2D eigenvalue weighted by molar-refractivity contribution is -0.0129. The molecule has 0 rings (SSSR count). The van der Waals surface area contributed by atoms with Crippen molar-refractivity contribution in [1.82, 2.24) is 5.32 Å². The Labute approximate surface area is 107 Å². The summed E-state index contributed by atoms with van der Waals surface area (Å²) in [7, 11) is 1.76. The van der Waals surface area contributed by atoms with Crippen molar-refractivity contribution in [1.29, 1.82) is 0 Å². The highest BCUT2D eigenvalue weighted by Gasteiger charge is 2.28. The van der Waals surface area contributed by atoms with Crippen molar-refractivity contribution in [2.45, 2.75) is 53.2 Å². The maximum absolute atomic E-state index is 5.92. The first-order chi connectivity index (χ1) is 8.08. The van der Waals surface area contributed by atoms with Gasteiger partial charge in [-0.1, -0.05) is 27.7 Å². The van der Waals surface area contributed by atoms with E-state index in [-0.39, 0.29) is 6.10 Å². The number of methoxy groups -OCH3 is 1. The van der Waals surface area contributed by atoms with Crippen LogP contribution >= 0.6 is 0 Å². The van der Waals surface area contributed by atoms with E-state index < -0.39 is 0 Å². The maximum atomic E-state index is 5.92. The van der Waals surface area contributed by atoms with Crippen LogP contribution < -0.4 is 5.32 Å². The van der Waals surface area contributed by atoms with Crippen LogP contribution in [0.15, 0.2) is 0 Å². The van der Waals surface area contributed by atoms with Gasteiger partial charge in [-0.05, 0) is 31.7 Å². The van der Waals surface area contributed by atoms with Gasteiger partial charge in [0.15, 0.2) is 0 Å². The number of hydrogen-bond acceptors (Lipinski definition) is 3. The van der Waals surface area contributed by atoms with Crippen LogP contribution in [0.5, 0.6) is 0 Å². The van der Waals surface area contributed by atoms with Crippen LogP contribution in [0, 0.1) is 11.8 Å². The lowest BCUT2D eigenvalue weighted by Crippen LogP contribution is -2.48. The average Bonchev–Trinajstić information content (AvgIpc) is 2.30. The van der Waals surface area contributed by atoms with Gasteiger partial charge >= 0.3 is 0 Å². The molecule has 3 nitrogen and oxygen atoms in total. The molecule has 0 aromatic carbocycles. The predicted octanol–water partition coefficient (Wildman–Crippen LogP) is 2.70. The van der Waals surface area contributed by atoms with Crippen LogP contribution in [-0.2, 0) is 9.47 Å². The molecular formula is C14H31NO2. The average molecular weight is 245 g/mol. The monoisotopic (exact) mass is 245 g/mol. The van der Waals surface area contributed by atoms with E-state index in [1.54, 1.807) is 7.11 Å². The number of likely N-dealkylation sites (N-methyl/N-ethyl adjacent to an activating group) is 1. The highest BCUT2D eigenvalue weighted by atomic mass is 16.5. The Morgan fingerprint density at radius 3 is 2.18 bits per heavy atom. The van der Waals surface area contributed by atoms with Crippen LogP contribution in [0.3, 0.4) is 0 Å². The fraction of sp³-hybridized carbons (Fsp3) is 1.00. The molecular weight excluding hydrogens is 214 g/mol. The first kappa shape index (κ1) is 16.9. The van der Waals surface area contributed by atoms with E-state index in [0.717, 1.165) is 26.2 Å². The van der Waals surface area contributed by atoms with E-state index in [4.69, 9.17) is 9.47 Å². The fourth-order valence-corrected chi connectivity index (χ4v) is 2.26. The largest absolute Gasteiger partial charge is 0.385 e. The molecule has 0 aromatic heterocycles. The summed E-state index contributed by atoms with van der Waals surface area (Å²) in [5.74, 6) is 1.10. The summed E-state index contributed by atoms with van der Waals surface area (Å²) < 4.78 is 11.1. The molecule has 0 fully saturated rings. The van der Waals surface area contributed by atoms with Crippen molar-refractivity contribution < 1.29 is 9.47 Å². The van der Waals surface area contributed by atoms with Gasteiger partial charge in [0.2, 0.25) is 0 Å². The third kappa shape index (κ3) is 6.39. The Balaban J connectivity index is 4.52. The van der Waals surface area contributed by atoms with Crippen LogP contribution in [0.2, 0.25) is 0 Å². The second-order valence-corrected chi connectivity index (χ2v) is 5.01. The molecule has 0 spiro atoms. The van der Waals surface area contributed by atoms with Gasteiger partial charge in [0, 0.05) is 26.4 Å². The summed E-state index contributed by atoms with van der Waals surface area (Å²) in [5, 5.41) is 3.58. The Bertz CT molecular complexity index is 174. The second kappa shape index (κ2) is 9.86. The third-order valence-corrected chi connectivity index (χ3v) is 3.20. The summed E-state index contributed by atoms with van der Waals surface area (Å²) >= 11 is 0. The minimum Gasteiger partial charge on any atom is -0.385 e. The molecule has 0 aliphatic rings. The van der Waals surface area contributed by atoms with E-state index in [2.05, 4.69) is 39.9 Å². The first-order valence-corrected chi connectivity index (χ1v) is 6.92. The van der Waals surface area contributed by atoms with Gasteiger partial charge < -0.3 is 14.8 Å². The minimum absolute atomic E-state index is 0.284. The SMILES string of the molecule is CCNC(C(C)CCOC)C(OCC)C(C)C. The zero-order chi connectivity index (χ0) is 13.3. The standard InChI is InChI=1S/C14H31NO2/c1-7-15-13(12(5)9-10-16-6)14(11(3)4)17-8-2/h11-15H,7-10H2,1-6H3. The zero-order valence-electron chi connectivity index (χ0n) is 12.5. The van der Waals surface area contributed by atoms with Gasteiger partial charge in [-0.25, -0.2) is 0 Å². The van der Waals surface area contributed by atoms with Crippen molar-refractivity contribution >= 4 is 0 Å². The molecule has 0 aliphatic carbocycles. The van der Waals surface area contributed by atoms with Gasteiger partial charge in [0.05, 0.1) is 6.10 Å². The Kier molecular flexibility index (Phi) is 9.79. The number of nitrogens with one attached hydrogen (secondary N) is 1. The van der Waals surface area contributed by atoms with E-state index in [0.29, 0.717) is 17.9 Å². The molecule has 1 N–H and O–H groups in total. The summed E-state index contributed by atoms with van der Waals surface area (Å²) in [6.07, 6.45) is 1.36. The van der Waals surface area contributed by atoms with Crippen LogP contribution in [0.4, 0.5) is 0 Å². The molecule has 0 saturated heterocycles. The molecule has 104 valence electrons. The number of ether oxygens (including phenoxy) is 2. The van der Waals surface area contributed by atoms with Crippen LogP contribution in [0.25, 0.3) is 0 Å². The summed E-state index contributed by atoms with van der Waals surface area (Å²) in [5.41, 5.74) is 0. The third-order valence-electron chi connectivity index (χ3n) is 3.20. The van der Waals surface area contributed by atoms with Gasteiger partial charge in [-0.3, -0.25) is 0 Å². The van der Waals surface area contributed by atoms with Gasteiger partial charge in [0.25, 0.3) is 0 Å². The van der Waals surface area contributed by atoms with Gasteiger partial charge in [-0.2, -0.15) is 0 Å². The van der Waals surface area contributed by atoms with Crippen LogP contribution in [-0.4, -0.2) is 39.0 Å². The molecule has 0 heterocycles. The molecule has 3 heteroatoms. The molecule has 0 aliphatic heterocycles. The Morgan fingerprint density at radius 1 is 1.12 bits per heavy atom. The van der Waals surface area contributed by atoms with Gasteiger partial charge in [-0.15, -0.1) is 0 Å². The van der Waals surface area contributed by atoms with Gasteiger partial charge in [0.1, 0.15) is 0 Å². The quantitative estimate of drug-likeness (QED) is 0.642. The molecule has 17 heavy (non-hydrogen) atoms. The minimum atomic E-state index is 0.284. The van der Waals surface area contributed by atoms with E-state index in [1.165, 1.54) is 0 Å². The molecule has 0 radical (unpaired) electrons. The topological polar surface area (TPSA) is 30.5 Å². The Morgan fingerprint density at radius 2 is 1.76 bits per heavy atom. The molecule has 3 unspecified atom stereocenters. The maximum Gasteiger partial charge on any atom is 0.0753 e. The lowest BCUT2D eigenvalue weighted by Gasteiger charge is -2.34. The predicted molar refractivity (Wildman–Crippen MR) is 73.4 cm³/mol. The fourth-order valence-electron chi connectivity index (χ4n) is 2.26. The van der Waals surface area contributed by atoms with E-state index in [9.17, 15) is 0 Å². The normalized spacial score (nSPS) is 17.1. The molecule has 0 amide bonds. The smallest absolute Gasteiger partial charge is 0.0753 e. The second-order valence-electron chi connectivity index (χ2n) is 5.01. The zero-order valence-corrected chi connectivity index (χ0v) is 12.5. The van der Waals surface area contributed by atoms with Crippen molar-refractivity contribution in [2.75, 3.05) is 26.9 Å².